The SMILES string of the molecule is CN(C)C(=O)C(CN1CCOCC1)Cn1nnc2ccccc21. The zero-order valence-corrected chi connectivity index (χ0v) is 13.7. The Hall–Kier alpha value is -1.99. The van der Waals surface area contributed by atoms with Crippen molar-refractivity contribution in [3.63, 3.8) is 0 Å². The molecule has 0 saturated carbocycles. The van der Waals surface area contributed by atoms with Gasteiger partial charge < -0.3 is 9.64 Å². The Morgan fingerprint density at radius 3 is 2.74 bits per heavy atom. The maximum absolute atomic E-state index is 12.6. The fourth-order valence-corrected chi connectivity index (χ4v) is 2.94. The Morgan fingerprint density at radius 2 is 2.00 bits per heavy atom. The number of carbonyl (C=O) groups excluding carboxylic acids is 1. The minimum atomic E-state index is -0.145. The van der Waals surface area contributed by atoms with Crippen molar-refractivity contribution in [3.8, 4) is 0 Å². The summed E-state index contributed by atoms with van der Waals surface area (Å²) in [5.41, 5.74) is 1.82. The van der Waals surface area contributed by atoms with E-state index in [1.54, 1.807) is 19.0 Å². The number of aromatic nitrogens is 3. The first kappa shape index (κ1) is 15.9. The lowest BCUT2D eigenvalue weighted by Crippen LogP contribution is -2.44. The second kappa shape index (κ2) is 7.06. The molecule has 0 N–H and O–H groups in total. The summed E-state index contributed by atoms with van der Waals surface area (Å²) >= 11 is 0. The molecule has 1 amide bonds. The molecule has 1 aromatic heterocycles. The molecule has 3 rings (SSSR count). The van der Waals surface area contributed by atoms with Crippen LogP contribution in [0.3, 0.4) is 0 Å². The van der Waals surface area contributed by atoms with Gasteiger partial charge in [0.1, 0.15) is 5.52 Å². The van der Waals surface area contributed by atoms with Gasteiger partial charge in [-0.25, -0.2) is 4.68 Å². The largest absolute Gasteiger partial charge is 0.379 e. The second-order valence-corrected chi connectivity index (χ2v) is 6.10. The van der Waals surface area contributed by atoms with Crippen LogP contribution in [0.25, 0.3) is 11.0 Å². The van der Waals surface area contributed by atoms with E-state index in [4.69, 9.17) is 4.74 Å². The number of morpholine rings is 1. The molecule has 0 aliphatic carbocycles. The molecule has 7 heteroatoms. The molecule has 2 heterocycles. The van der Waals surface area contributed by atoms with Gasteiger partial charge in [-0.15, -0.1) is 5.10 Å². The summed E-state index contributed by atoms with van der Waals surface area (Å²) in [6, 6.07) is 7.83. The molecular formula is C16H23N5O2. The number of fused-ring (bicyclic) bond motifs is 1. The highest BCUT2D eigenvalue weighted by atomic mass is 16.5. The van der Waals surface area contributed by atoms with E-state index in [1.165, 1.54) is 0 Å². The zero-order chi connectivity index (χ0) is 16.2. The van der Waals surface area contributed by atoms with Crippen molar-refractivity contribution in [2.75, 3.05) is 46.9 Å². The Bertz CT molecular complexity index is 663. The Morgan fingerprint density at radius 1 is 1.26 bits per heavy atom. The van der Waals surface area contributed by atoms with E-state index in [2.05, 4.69) is 15.2 Å². The fourth-order valence-electron chi connectivity index (χ4n) is 2.94. The molecule has 0 spiro atoms. The van der Waals surface area contributed by atoms with Crippen molar-refractivity contribution in [2.24, 2.45) is 5.92 Å². The summed E-state index contributed by atoms with van der Waals surface area (Å²) in [6.07, 6.45) is 0. The smallest absolute Gasteiger partial charge is 0.228 e. The first-order valence-corrected chi connectivity index (χ1v) is 7.94. The third-order valence-corrected chi connectivity index (χ3v) is 4.19. The van der Waals surface area contributed by atoms with Gasteiger partial charge in [0, 0.05) is 33.7 Å². The first-order chi connectivity index (χ1) is 11.1. The predicted molar refractivity (Wildman–Crippen MR) is 87.0 cm³/mol. The van der Waals surface area contributed by atoms with Gasteiger partial charge in [-0.3, -0.25) is 9.69 Å². The van der Waals surface area contributed by atoms with Gasteiger partial charge in [-0.1, -0.05) is 17.3 Å². The number of rotatable bonds is 5. The normalized spacial score (nSPS) is 17.3. The van der Waals surface area contributed by atoms with Crippen LogP contribution in [0.2, 0.25) is 0 Å². The summed E-state index contributed by atoms with van der Waals surface area (Å²) in [5, 5.41) is 8.40. The molecule has 1 saturated heterocycles. The molecule has 1 aliphatic heterocycles. The molecule has 1 fully saturated rings. The first-order valence-electron chi connectivity index (χ1n) is 7.94. The van der Waals surface area contributed by atoms with Crippen molar-refractivity contribution in [1.29, 1.82) is 0 Å². The van der Waals surface area contributed by atoms with E-state index in [-0.39, 0.29) is 11.8 Å². The molecule has 0 radical (unpaired) electrons. The standard InChI is InChI=1S/C16H23N5O2/c1-19(2)16(22)13(11-20-7-9-23-10-8-20)12-21-15-6-4-3-5-14(15)17-18-21/h3-6,13H,7-12H2,1-2H3. The van der Waals surface area contributed by atoms with Crippen molar-refractivity contribution in [2.45, 2.75) is 6.54 Å². The zero-order valence-electron chi connectivity index (χ0n) is 13.7. The number of benzene rings is 1. The van der Waals surface area contributed by atoms with E-state index in [1.807, 2.05) is 28.9 Å². The molecular weight excluding hydrogens is 294 g/mol. The van der Waals surface area contributed by atoms with Crippen LogP contribution in [-0.2, 0) is 16.1 Å². The Balaban J connectivity index is 1.78. The van der Waals surface area contributed by atoms with Crippen molar-refractivity contribution >= 4 is 16.9 Å². The van der Waals surface area contributed by atoms with Crippen molar-refractivity contribution < 1.29 is 9.53 Å². The van der Waals surface area contributed by atoms with Crippen LogP contribution in [-0.4, -0.2) is 77.6 Å². The van der Waals surface area contributed by atoms with Crippen LogP contribution in [0.5, 0.6) is 0 Å². The van der Waals surface area contributed by atoms with Crippen LogP contribution < -0.4 is 0 Å². The average molecular weight is 317 g/mol. The number of hydrogen-bond donors (Lipinski definition) is 0. The number of carbonyl (C=O) groups is 1. The lowest BCUT2D eigenvalue weighted by Gasteiger charge is -2.31. The number of ether oxygens (including phenoxy) is 1. The summed E-state index contributed by atoms with van der Waals surface area (Å²) in [7, 11) is 3.60. The lowest BCUT2D eigenvalue weighted by molar-refractivity contribution is -0.134. The van der Waals surface area contributed by atoms with E-state index < -0.39 is 0 Å². The molecule has 7 nitrogen and oxygen atoms in total. The maximum Gasteiger partial charge on any atom is 0.228 e. The predicted octanol–water partition coefficient (Wildman–Crippen LogP) is 0.468. The minimum Gasteiger partial charge on any atom is -0.379 e. The Kier molecular flexibility index (Phi) is 4.88. The third-order valence-electron chi connectivity index (χ3n) is 4.19. The summed E-state index contributed by atoms with van der Waals surface area (Å²) in [5.74, 6) is -0.0238. The fraction of sp³-hybridized carbons (Fsp3) is 0.562. The monoisotopic (exact) mass is 317 g/mol. The molecule has 0 bridgehead atoms. The topological polar surface area (TPSA) is 63.5 Å². The van der Waals surface area contributed by atoms with Crippen LogP contribution >= 0.6 is 0 Å². The van der Waals surface area contributed by atoms with Gasteiger partial charge >= 0.3 is 0 Å². The molecule has 23 heavy (non-hydrogen) atoms. The van der Waals surface area contributed by atoms with Gasteiger partial charge in [0.2, 0.25) is 5.91 Å². The quantitative estimate of drug-likeness (QED) is 0.802. The van der Waals surface area contributed by atoms with Crippen LogP contribution in [0.15, 0.2) is 24.3 Å². The lowest BCUT2D eigenvalue weighted by atomic mass is 10.1. The number of para-hydroxylation sites is 1. The van der Waals surface area contributed by atoms with Crippen LogP contribution in [0, 0.1) is 5.92 Å². The molecule has 1 unspecified atom stereocenters. The van der Waals surface area contributed by atoms with Crippen molar-refractivity contribution in [3.05, 3.63) is 24.3 Å². The third kappa shape index (κ3) is 3.68. The molecule has 1 aromatic carbocycles. The summed E-state index contributed by atoms with van der Waals surface area (Å²) in [6.45, 7) is 4.46. The van der Waals surface area contributed by atoms with Gasteiger partial charge in [-0.05, 0) is 12.1 Å². The van der Waals surface area contributed by atoms with Gasteiger partial charge in [0.05, 0.1) is 31.2 Å². The minimum absolute atomic E-state index is 0.121. The summed E-state index contributed by atoms with van der Waals surface area (Å²) in [4.78, 5) is 16.5. The van der Waals surface area contributed by atoms with E-state index in [0.29, 0.717) is 13.1 Å². The highest BCUT2D eigenvalue weighted by molar-refractivity contribution is 5.79. The van der Waals surface area contributed by atoms with Gasteiger partial charge in [0.25, 0.3) is 0 Å². The van der Waals surface area contributed by atoms with E-state index in [9.17, 15) is 4.79 Å². The molecule has 124 valence electrons. The van der Waals surface area contributed by atoms with E-state index >= 15 is 0 Å². The highest BCUT2D eigenvalue weighted by Crippen LogP contribution is 2.14. The van der Waals surface area contributed by atoms with E-state index in [0.717, 1.165) is 37.3 Å². The van der Waals surface area contributed by atoms with Crippen molar-refractivity contribution in [1.82, 2.24) is 24.8 Å². The molecule has 1 atom stereocenters. The number of amides is 1. The van der Waals surface area contributed by atoms with Gasteiger partial charge in [0.15, 0.2) is 0 Å². The Labute approximate surface area is 135 Å². The van der Waals surface area contributed by atoms with Gasteiger partial charge in [-0.2, -0.15) is 0 Å². The number of nitrogens with zero attached hydrogens (tertiary/aromatic N) is 5. The average Bonchev–Trinajstić information content (AvgIpc) is 2.97. The summed E-state index contributed by atoms with van der Waals surface area (Å²) < 4.78 is 7.22. The van der Waals surface area contributed by atoms with Crippen LogP contribution in [0.4, 0.5) is 0 Å². The van der Waals surface area contributed by atoms with Crippen LogP contribution in [0.1, 0.15) is 0 Å². The molecule has 1 aliphatic rings. The molecule has 2 aromatic rings. The second-order valence-electron chi connectivity index (χ2n) is 6.10. The maximum atomic E-state index is 12.6. The number of hydrogen-bond acceptors (Lipinski definition) is 5. The highest BCUT2D eigenvalue weighted by Gasteiger charge is 2.25.